The quantitative estimate of drug-likeness (QED) is 0.506. The second-order valence-electron chi connectivity index (χ2n) is 5.65. The number of hydrogen-bond donors (Lipinski definition) is 2. The number of urea groups is 1. The number of anilines is 2. The van der Waals surface area contributed by atoms with Crippen LogP contribution in [0, 0.1) is 0 Å². The maximum Gasteiger partial charge on any atom is 0.323 e. The standard InChI is InChI=1S/C18H15BrCl2N4O2/c1-25-17(16(19)9-22-25)10-3-13(8-15(4-10)27-2)23-18(26)24-14-6-11(20)5-12(21)7-14/h3-9H,1-2H3,(H2,23,24,26). The highest BCUT2D eigenvalue weighted by molar-refractivity contribution is 9.10. The third kappa shape index (κ3) is 4.74. The van der Waals surface area contributed by atoms with Crippen molar-refractivity contribution >= 4 is 56.5 Å². The predicted octanol–water partition coefficient (Wildman–Crippen LogP) is 5.81. The van der Waals surface area contributed by atoms with Gasteiger partial charge in [-0.1, -0.05) is 23.2 Å². The molecule has 2 N–H and O–H groups in total. The van der Waals surface area contributed by atoms with Gasteiger partial charge in [0.05, 0.1) is 23.5 Å². The van der Waals surface area contributed by atoms with E-state index in [1.54, 1.807) is 42.3 Å². The number of benzene rings is 2. The Labute approximate surface area is 174 Å². The normalized spacial score (nSPS) is 10.6. The third-order valence-corrected chi connectivity index (χ3v) is 4.70. The molecule has 0 saturated carbocycles. The number of carbonyl (C=O) groups excluding carboxylic acids is 1. The molecule has 3 rings (SSSR count). The predicted molar refractivity (Wildman–Crippen MR) is 112 cm³/mol. The van der Waals surface area contributed by atoms with Crippen LogP contribution in [-0.2, 0) is 7.05 Å². The Bertz CT molecular complexity index is 967. The number of aromatic nitrogens is 2. The number of rotatable bonds is 4. The molecule has 2 aromatic carbocycles. The van der Waals surface area contributed by atoms with Gasteiger partial charge in [0.25, 0.3) is 0 Å². The first-order valence-corrected chi connectivity index (χ1v) is 9.31. The van der Waals surface area contributed by atoms with E-state index in [1.807, 2.05) is 19.2 Å². The Kier molecular flexibility index (Phi) is 5.94. The summed E-state index contributed by atoms with van der Waals surface area (Å²) < 4.78 is 7.92. The zero-order valence-corrected chi connectivity index (χ0v) is 17.5. The van der Waals surface area contributed by atoms with Crippen LogP contribution in [0.1, 0.15) is 0 Å². The van der Waals surface area contributed by atoms with Crippen LogP contribution in [0.3, 0.4) is 0 Å². The van der Waals surface area contributed by atoms with Gasteiger partial charge in [0.2, 0.25) is 0 Å². The summed E-state index contributed by atoms with van der Waals surface area (Å²) in [6, 6.07) is 9.78. The number of halogens is 3. The number of nitrogens with one attached hydrogen (secondary N) is 2. The van der Waals surface area contributed by atoms with Gasteiger partial charge in [-0.25, -0.2) is 4.79 Å². The molecule has 0 atom stereocenters. The fraction of sp³-hybridized carbons (Fsp3) is 0.111. The van der Waals surface area contributed by atoms with Gasteiger partial charge in [-0.3, -0.25) is 4.68 Å². The van der Waals surface area contributed by atoms with Gasteiger partial charge in [-0.15, -0.1) is 0 Å². The van der Waals surface area contributed by atoms with E-state index >= 15 is 0 Å². The van der Waals surface area contributed by atoms with Gasteiger partial charge in [0.1, 0.15) is 5.75 Å². The Morgan fingerprint density at radius 3 is 2.26 bits per heavy atom. The summed E-state index contributed by atoms with van der Waals surface area (Å²) in [6.45, 7) is 0. The lowest BCUT2D eigenvalue weighted by molar-refractivity contribution is 0.262. The van der Waals surface area contributed by atoms with E-state index in [0.29, 0.717) is 27.2 Å². The summed E-state index contributed by atoms with van der Waals surface area (Å²) in [7, 11) is 3.40. The smallest absolute Gasteiger partial charge is 0.323 e. The van der Waals surface area contributed by atoms with Crippen molar-refractivity contribution in [2.24, 2.45) is 7.05 Å². The summed E-state index contributed by atoms with van der Waals surface area (Å²) in [5.74, 6) is 0.599. The number of aryl methyl sites for hydroxylation is 1. The minimum Gasteiger partial charge on any atom is -0.497 e. The Morgan fingerprint density at radius 2 is 1.70 bits per heavy atom. The maximum absolute atomic E-state index is 12.4. The highest BCUT2D eigenvalue weighted by Gasteiger charge is 2.13. The molecule has 0 aliphatic heterocycles. The molecule has 0 saturated heterocycles. The number of hydrogen-bond acceptors (Lipinski definition) is 3. The average molecular weight is 470 g/mol. The first-order chi connectivity index (χ1) is 12.9. The van der Waals surface area contributed by atoms with Crippen molar-refractivity contribution < 1.29 is 9.53 Å². The van der Waals surface area contributed by atoms with E-state index in [9.17, 15) is 4.79 Å². The van der Waals surface area contributed by atoms with Crippen molar-refractivity contribution in [1.82, 2.24) is 9.78 Å². The van der Waals surface area contributed by atoms with Crippen molar-refractivity contribution in [2.75, 3.05) is 17.7 Å². The van der Waals surface area contributed by atoms with Crippen LogP contribution in [0.4, 0.5) is 16.2 Å². The lowest BCUT2D eigenvalue weighted by Crippen LogP contribution is -2.19. The molecule has 0 fully saturated rings. The molecule has 27 heavy (non-hydrogen) atoms. The first kappa shape index (κ1) is 19.5. The minimum atomic E-state index is -0.434. The van der Waals surface area contributed by atoms with Gasteiger partial charge < -0.3 is 15.4 Å². The number of methoxy groups -OCH3 is 1. The minimum absolute atomic E-state index is 0.433. The molecule has 0 spiro atoms. The Morgan fingerprint density at radius 1 is 1.07 bits per heavy atom. The second-order valence-corrected chi connectivity index (χ2v) is 7.38. The van der Waals surface area contributed by atoms with Crippen LogP contribution in [0.2, 0.25) is 10.0 Å². The van der Waals surface area contributed by atoms with Crippen LogP contribution < -0.4 is 15.4 Å². The molecule has 0 aliphatic carbocycles. The number of carbonyl (C=O) groups is 1. The molecule has 0 radical (unpaired) electrons. The monoisotopic (exact) mass is 468 g/mol. The van der Waals surface area contributed by atoms with Crippen LogP contribution in [-0.4, -0.2) is 22.9 Å². The summed E-state index contributed by atoms with van der Waals surface area (Å²) >= 11 is 15.4. The Balaban J connectivity index is 1.86. The van der Waals surface area contributed by atoms with E-state index in [1.165, 1.54) is 0 Å². The summed E-state index contributed by atoms with van der Waals surface area (Å²) in [5, 5.41) is 10.6. The summed E-state index contributed by atoms with van der Waals surface area (Å²) in [4.78, 5) is 12.4. The van der Waals surface area contributed by atoms with Crippen LogP contribution in [0.15, 0.2) is 47.1 Å². The molecule has 0 bridgehead atoms. The van der Waals surface area contributed by atoms with Crippen molar-refractivity contribution in [2.45, 2.75) is 0 Å². The van der Waals surface area contributed by atoms with Gasteiger partial charge in [0.15, 0.2) is 0 Å². The van der Waals surface area contributed by atoms with Gasteiger partial charge in [-0.05, 0) is 46.3 Å². The molecular formula is C18H15BrCl2N4O2. The van der Waals surface area contributed by atoms with Crippen molar-refractivity contribution in [3.63, 3.8) is 0 Å². The summed E-state index contributed by atoms with van der Waals surface area (Å²) in [6.07, 6.45) is 1.71. The van der Waals surface area contributed by atoms with Crippen molar-refractivity contribution in [1.29, 1.82) is 0 Å². The number of amides is 2. The topological polar surface area (TPSA) is 68.2 Å². The van der Waals surface area contributed by atoms with Gasteiger partial charge in [-0.2, -0.15) is 5.10 Å². The van der Waals surface area contributed by atoms with E-state index in [-0.39, 0.29) is 0 Å². The highest BCUT2D eigenvalue weighted by Crippen LogP contribution is 2.33. The molecule has 9 heteroatoms. The van der Waals surface area contributed by atoms with Gasteiger partial charge in [0, 0.05) is 40.1 Å². The number of ether oxygens (including phenoxy) is 1. The average Bonchev–Trinajstić information content (AvgIpc) is 2.92. The Hall–Kier alpha value is -2.22. The lowest BCUT2D eigenvalue weighted by atomic mass is 10.1. The number of nitrogens with zero attached hydrogens (tertiary/aromatic N) is 2. The molecule has 6 nitrogen and oxygen atoms in total. The fourth-order valence-corrected chi connectivity index (χ4v) is 3.68. The molecule has 0 unspecified atom stereocenters. The van der Waals surface area contributed by atoms with Crippen molar-refractivity contribution in [3.8, 4) is 17.0 Å². The molecular weight excluding hydrogens is 455 g/mol. The zero-order valence-electron chi connectivity index (χ0n) is 14.4. The lowest BCUT2D eigenvalue weighted by Gasteiger charge is -2.12. The fourth-order valence-electron chi connectivity index (χ4n) is 2.58. The maximum atomic E-state index is 12.4. The van der Waals surface area contributed by atoms with E-state index in [4.69, 9.17) is 27.9 Å². The molecule has 2 amide bonds. The van der Waals surface area contributed by atoms with E-state index in [0.717, 1.165) is 15.7 Å². The SMILES string of the molecule is COc1cc(NC(=O)Nc2cc(Cl)cc(Cl)c2)cc(-c2c(Br)cnn2C)c1. The van der Waals surface area contributed by atoms with Crippen LogP contribution in [0.5, 0.6) is 5.75 Å². The summed E-state index contributed by atoms with van der Waals surface area (Å²) in [5.41, 5.74) is 2.74. The van der Waals surface area contributed by atoms with Gasteiger partial charge >= 0.3 is 6.03 Å². The molecule has 140 valence electrons. The first-order valence-electron chi connectivity index (χ1n) is 7.77. The third-order valence-electron chi connectivity index (χ3n) is 3.69. The highest BCUT2D eigenvalue weighted by atomic mass is 79.9. The molecule has 3 aromatic rings. The molecule has 1 aromatic heterocycles. The van der Waals surface area contributed by atoms with Crippen LogP contribution >= 0.6 is 39.1 Å². The van der Waals surface area contributed by atoms with E-state index in [2.05, 4.69) is 31.7 Å². The molecule has 1 heterocycles. The second kappa shape index (κ2) is 8.21. The largest absolute Gasteiger partial charge is 0.497 e. The zero-order chi connectivity index (χ0) is 19.6. The van der Waals surface area contributed by atoms with E-state index < -0.39 is 6.03 Å². The van der Waals surface area contributed by atoms with Crippen molar-refractivity contribution in [3.05, 3.63) is 57.1 Å². The van der Waals surface area contributed by atoms with Crippen LogP contribution in [0.25, 0.3) is 11.3 Å². The molecule has 0 aliphatic rings.